The van der Waals surface area contributed by atoms with Crippen LogP contribution >= 0.6 is 0 Å². The van der Waals surface area contributed by atoms with Gasteiger partial charge in [0.25, 0.3) is 0 Å². The molecule has 2 aromatic carbocycles. The van der Waals surface area contributed by atoms with Gasteiger partial charge in [-0.2, -0.15) is 0 Å². The molecule has 0 bridgehead atoms. The summed E-state index contributed by atoms with van der Waals surface area (Å²) in [5.41, 5.74) is 5.55. The summed E-state index contributed by atoms with van der Waals surface area (Å²) in [6.07, 6.45) is 18.6. The SMILES string of the molecule is CC12C=CC=CC1C1(c3ccccc3N2)c2ccccc2C2C=CC=CC21. The first-order chi connectivity index (χ1) is 13.2. The van der Waals surface area contributed by atoms with E-state index in [2.05, 4.69) is 109 Å². The monoisotopic (exact) mass is 349 g/mol. The Morgan fingerprint density at radius 1 is 0.778 bits per heavy atom. The van der Waals surface area contributed by atoms with Crippen molar-refractivity contribution in [1.29, 1.82) is 0 Å². The van der Waals surface area contributed by atoms with Crippen molar-refractivity contribution in [2.24, 2.45) is 11.8 Å². The minimum absolute atomic E-state index is 0.0552. The summed E-state index contributed by atoms with van der Waals surface area (Å²) in [7, 11) is 0. The summed E-state index contributed by atoms with van der Waals surface area (Å²) < 4.78 is 0. The molecule has 1 aliphatic heterocycles. The van der Waals surface area contributed by atoms with Crippen LogP contribution in [0, 0.1) is 11.8 Å². The number of anilines is 1. The first-order valence-electron chi connectivity index (χ1n) is 9.93. The summed E-state index contributed by atoms with van der Waals surface area (Å²) >= 11 is 0. The highest BCUT2D eigenvalue weighted by atomic mass is 15.0. The molecule has 6 rings (SSSR count). The number of allylic oxidation sites excluding steroid dienone is 6. The number of rotatable bonds is 0. The molecule has 4 aliphatic rings. The highest BCUT2D eigenvalue weighted by molar-refractivity contribution is 5.70. The molecular weight excluding hydrogens is 326 g/mol. The van der Waals surface area contributed by atoms with Crippen molar-refractivity contribution >= 4 is 5.69 Å². The lowest BCUT2D eigenvalue weighted by molar-refractivity contribution is 0.233. The van der Waals surface area contributed by atoms with E-state index in [4.69, 9.17) is 0 Å². The van der Waals surface area contributed by atoms with Crippen molar-refractivity contribution in [3.05, 3.63) is 114 Å². The Labute approximate surface area is 160 Å². The highest BCUT2D eigenvalue weighted by Crippen LogP contribution is 2.65. The van der Waals surface area contributed by atoms with Crippen molar-refractivity contribution in [1.82, 2.24) is 0 Å². The number of para-hydroxylation sites is 1. The standard InChI is InChI=1S/C26H23N/c1-25-17-9-8-16-24(25)26(22-14-6-7-15-23(22)27-25)20-12-4-2-10-18(20)19-11-3-5-13-21(19)26/h2-18,20,24,27H,1H3. The van der Waals surface area contributed by atoms with Gasteiger partial charge in [-0.1, -0.05) is 91.1 Å². The summed E-state index contributed by atoms with van der Waals surface area (Å²) in [4.78, 5) is 0. The number of fused-ring (bicyclic) bond motifs is 9. The molecule has 0 amide bonds. The van der Waals surface area contributed by atoms with Gasteiger partial charge in [-0.05, 0) is 29.7 Å². The summed E-state index contributed by atoms with van der Waals surface area (Å²) in [6.45, 7) is 2.35. The Bertz CT molecular complexity index is 1060. The first kappa shape index (κ1) is 15.3. The molecule has 3 aliphatic carbocycles. The van der Waals surface area contributed by atoms with Crippen LogP contribution in [-0.4, -0.2) is 5.54 Å². The van der Waals surface area contributed by atoms with E-state index < -0.39 is 0 Å². The maximum absolute atomic E-state index is 3.87. The van der Waals surface area contributed by atoms with E-state index in [1.807, 2.05) is 0 Å². The van der Waals surface area contributed by atoms with Crippen molar-refractivity contribution in [2.75, 3.05) is 5.32 Å². The third-order valence-electron chi connectivity index (χ3n) is 7.20. The predicted octanol–water partition coefficient (Wildman–Crippen LogP) is 5.74. The Hall–Kier alpha value is -2.80. The molecule has 0 saturated carbocycles. The third-order valence-corrected chi connectivity index (χ3v) is 7.20. The average molecular weight is 349 g/mol. The maximum Gasteiger partial charge on any atom is 0.0605 e. The van der Waals surface area contributed by atoms with Crippen molar-refractivity contribution < 1.29 is 0 Å². The van der Waals surface area contributed by atoms with E-state index in [1.54, 1.807) is 0 Å². The number of nitrogens with one attached hydrogen (secondary N) is 1. The Balaban J connectivity index is 1.76. The molecule has 1 spiro atoms. The molecule has 0 aromatic heterocycles. The van der Waals surface area contributed by atoms with Crippen molar-refractivity contribution in [2.45, 2.75) is 23.8 Å². The second kappa shape index (κ2) is 5.13. The summed E-state index contributed by atoms with van der Waals surface area (Å²) in [6, 6.07) is 18.1. The summed E-state index contributed by atoms with van der Waals surface area (Å²) in [5.74, 6) is 1.24. The fourth-order valence-electron chi connectivity index (χ4n) is 6.27. The first-order valence-corrected chi connectivity index (χ1v) is 9.93. The predicted molar refractivity (Wildman–Crippen MR) is 112 cm³/mol. The van der Waals surface area contributed by atoms with E-state index >= 15 is 0 Å². The molecule has 0 radical (unpaired) electrons. The van der Waals surface area contributed by atoms with Crippen LogP contribution in [0.2, 0.25) is 0 Å². The zero-order chi connectivity index (χ0) is 18.1. The van der Waals surface area contributed by atoms with Crippen LogP contribution in [0.4, 0.5) is 5.69 Å². The van der Waals surface area contributed by atoms with Crippen LogP contribution in [-0.2, 0) is 5.41 Å². The molecule has 5 atom stereocenters. The van der Waals surface area contributed by atoms with Gasteiger partial charge in [-0.15, -0.1) is 0 Å². The van der Waals surface area contributed by atoms with Gasteiger partial charge in [0, 0.05) is 28.9 Å². The van der Waals surface area contributed by atoms with Crippen LogP contribution in [0.1, 0.15) is 29.5 Å². The van der Waals surface area contributed by atoms with Gasteiger partial charge in [0.15, 0.2) is 0 Å². The van der Waals surface area contributed by atoms with Gasteiger partial charge in [0.1, 0.15) is 0 Å². The number of hydrogen-bond acceptors (Lipinski definition) is 1. The normalized spacial score (nSPS) is 36.7. The van der Waals surface area contributed by atoms with E-state index in [1.165, 1.54) is 22.4 Å². The highest BCUT2D eigenvalue weighted by Gasteiger charge is 2.61. The molecule has 1 N–H and O–H groups in total. The quantitative estimate of drug-likeness (QED) is 0.639. The average Bonchev–Trinajstić information content (AvgIpc) is 3.00. The molecule has 132 valence electrons. The van der Waals surface area contributed by atoms with E-state index in [0.717, 1.165) is 0 Å². The smallest absolute Gasteiger partial charge is 0.0605 e. The lowest BCUT2D eigenvalue weighted by Crippen LogP contribution is -2.57. The van der Waals surface area contributed by atoms with Gasteiger partial charge in [0.2, 0.25) is 0 Å². The zero-order valence-corrected chi connectivity index (χ0v) is 15.5. The van der Waals surface area contributed by atoms with Gasteiger partial charge in [-0.3, -0.25) is 0 Å². The molecule has 0 fully saturated rings. The molecule has 2 aromatic rings. The topological polar surface area (TPSA) is 12.0 Å². The molecule has 0 saturated heterocycles. The zero-order valence-electron chi connectivity index (χ0n) is 15.5. The van der Waals surface area contributed by atoms with Crippen LogP contribution < -0.4 is 5.32 Å². The molecule has 27 heavy (non-hydrogen) atoms. The molecule has 1 heteroatoms. The molecule has 1 nitrogen and oxygen atoms in total. The Morgan fingerprint density at radius 2 is 1.52 bits per heavy atom. The van der Waals surface area contributed by atoms with Gasteiger partial charge >= 0.3 is 0 Å². The van der Waals surface area contributed by atoms with E-state index in [9.17, 15) is 0 Å². The fraction of sp³-hybridized carbons (Fsp3) is 0.231. The minimum Gasteiger partial charge on any atom is -0.376 e. The molecular formula is C26H23N. The van der Waals surface area contributed by atoms with E-state index in [-0.39, 0.29) is 11.0 Å². The van der Waals surface area contributed by atoms with Crippen molar-refractivity contribution in [3.8, 4) is 0 Å². The lowest BCUT2D eigenvalue weighted by atomic mass is 9.52. The Morgan fingerprint density at radius 3 is 2.44 bits per heavy atom. The lowest BCUT2D eigenvalue weighted by Gasteiger charge is -2.55. The van der Waals surface area contributed by atoms with Gasteiger partial charge in [-0.25, -0.2) is 0 Å². The minimum atomic E-state index is -0.0971. The second-order valence-electron chi connectivity index (χ2n) is 8.45. The maximum atomic E-state index is 3.87. The fourth-order valence-corrected chi connectivity index (χ4v) is 6.27. The number of benzene rings is 2. The second-order valence-corrected chi connectivity index (χ2v) is 8.45. The van der Waals surface area contributed by atoms with Crippen LogP contribution in [0.3, 0.4) is 0 Å². The largest absolute Gasteiger partial charge is 0.376 e. The van der Waals surface area contributed by atoms with Crippen molar-refractivity contribution in [3.63, 3.8) is 0 Å². The third kappa shape index (κ3) is 1.75. The number of hydrogen-bond donors (Lipinski definition) is 1. The summed E-state index contributed by atoms with van der Waals surface area (Å²) in [5, 5.41) is 3.87. The van der Waals surface area contributed by atoms with Gasteiger partial charge in [0.05, 0.1) is 5.54 Å². The van der Waals surface area contributed by atoms with Crippen LogP contribution in [0.5, 0.6) is 0 Å². The molecule has 5 unspecified atom stereocenters. The van der Waals surface area contributed by atoms with E-state index in [0.29, 0.717) is 17.8 Å². The van der Waals surface area contributed by atoms with Crippen LogP contribution in [0.25, 0.3) is 0 Å². The van der Waals surface area contributed by atoms with Gasteiger partial charge < -0.3 is 5.32 Å². The molecule has 1 heterocycles. The Kier molecular flexibility index (Phi) is 2.90. The van der Waals surface area contributed by atoms with Crippen LogP contribution in [0.15, 0.2) is 97.1 Å².